The largest absolute Gasteiger partial charge is 0.507 e. The fraction of sp³-hybridized carbons (Fsp3) is 0.517. The lowest BCUT2D eigenvalue weighted by molar-refractivity contribution is 0.390. The van der Waals surface area contributed by atoms with Crippen LogP contribution in [0.5, 0.6) is 23.0 Å². The Labute approximate surface area is 395 Å². The molecule has 8 heteroatoms. The molecule has 0 radical (unpaired) electrons. The Kier molecular flexibility index (Phi) is 13.9. The van der Waals surface area contributed by atoms with Crippen molar-refractivity contribution in [1.82, 2.24) is 0 Å². The van der Waals surface area contributed by atoms with E-state index in [1.165, 1.54) is 0 Å². The van der Waals surface area contributed by atoms with Crippen LogP contribution in [0.4, 0.5) is 0 Å². The maximum absolute atomic E-state index is 11.8. The van der Waals surface area contributed by atoms with Crippen LogP contribution < -0.4 is 0 Å². The summed E-state index contributed by atoms with van der Waals surface area (Å²) in [7, 11) is 0. The zero-order valence-corrected chi connectivity index (χ0v) is 41.9. The average Bonchev–Trinajstić information content (AvgIpc) is 3.22. The molecule has 2 aliphatic carbocycles. The quantitative estimate of drug-likeness (QED) is 0.140. The number of rotatable bonds is 0. The summed E-state index contributed by atoms with van der Waals surface area (Å²) in [4.78, 5) is 20.7. The molecule has 0 unspecified atom stereocenters. The van der Waals surface area contributed by atoms with E-state index in [-0.39, 0.29) is 68.8 Å². The molecular weight excluding hydrogens is 817 g/mol. The Hall–Kier alpha value is -5.24. The van der Waals surface area contributed by atoms with Crippen LogP contribution in [0.2, 0.25) is 0 Å². The highest BCUT2D eigenvalue weighted by Crippen LogP contribution is 2.40. The third-order valence-electron chi connectivity index (χ3n) is 13.9. The van der Waals surface area contributed by atoms with Crippen molar-refractivity contribution >= 4 is 24.9 Å². The van der Waals surface area contributed by atoms with Crippen molar-refractivity contribution in [3.8, 4) is 23.0 Å². The normalized spacial score (nSPS) is 21.0. The van der Waals surface area contributed by atoms with Crippen LogP contribution in [0.3, 0.4) is 0 Å². The second kappa shape index (κ2) is 18.8. The number of phenolic OH excluding ortho intramolecular Hbond substituents is 4. The van der Waals surface area contributed by atoms with Gasteiger partial charge in [-0.1, -0.05) is 133 Å². The van der Waals surface area contributed by atoms with Crippen molar-refractivity contribution in [3.05, 3.63) is 115 Å². The number of hydrogen-bond acceptors (Lipinski definition) is 8. The molecule has 4 aromatic rings. The highest BCUT2D eigenvalue weighted by Gasteiger charge is 2.29. The number of aliphatic imine (C=N–C) groups is 4. The molecule has 4 N–H and O–H groups in total. The number of benzene rings is 4. The summed E-state index contributed by atoms with van der Waals surface area (Å²) < 4.78 is 0. The molecule has 8 bridgehead atoms. The van der Waals surface area contributed by atoms with E-state index in [1.807, 2.05) is 24.9 Å². The van der Waals surface area contributed by atoms with Gasteiger partial charge in [0.15, 0.2) is 0 Å². The molecule has 8 nitrogen and oxygen atoms in total. The SMILES string of the molecule is CC(C)(C)c1cc2cc(c1O)C=N[C@H]1CCCC[C@@H]1N=Cc1cc(cc(C(C)(C)C)c1O)Cc1cc(c(O)c(C(C)(C)C)c1)C=N[C@H]1CCCC[C@@H]1N=Cc1cc(cc(C(C)(C)C)c1O)C2. The van der Waals surface area contributed by atoms with Gasteiger partial charge < -0.3 is 20.4 Å². The zero-order chi connectivity index (χ0) is 47.9. The average molecular weight is 893 g/mol. The summed E-state index contributed by atoms with van der Waals surface area (Å²) in [6.45, 7) is 25.4. The van der Waals surface area contributed by atoms with Crippen molar-refractivity contribution in [2.75, 3.05) is 0 Å². The van der Waals surface area contributed by atoms with Crippen LogP contribution in [0, 0.1) is 0 Å². The van der Waals surface area contributed by atoms with E-state index in [1.54, 1.807) is 0 Å². The molecule has 0 spiro atoms. The molecule has 4 atom stereocenters. The van der Waals surface area contributed by atoms with Gasteiger partial charge in [-0.05, 0) is 107 Å². The molecule has 1 aliphatic heterocycles. The van der Waals surface area contributed by atoms with Gasteiger partial charge in [-0.2, -0.15) is 0 Å². The lowest BCUT2D eigenvalue weighted by Crippen LogP contribution is -2.27. The van der Waals surface area contributed by atoms with Gasteiger partial charge in [0.05, 0.1) is 24.2 Å². The Bertz CT molecular complexity index is 2200. The topological polar surface area (TPSA) is 130 Å². The lowest BCUT2D eigenvalue weighted by atomic mass is 9.81. The smallest absolute Gasteiger partial charge is 0.128 e. The van der Waals surface area contributed by atoms with Crippen molar-refractivity contribution < 1.29 is 20.4 Å². The minimum Gasteiger partial charge on any atom is -0.507 e. The van der Waals surface area contributed by atoms with Crippen LogP contribution >= 0.6 is 0 Å². The first kappa shape index (κ1) is 48.7. The van der Waals surface area contributed by atoms with E-state index in [9.17, 15) is 20.4 Å². The molecule has 2 fully saturated rings. The molecule has 7 rings (SSSR count). The van der Waals surface area contributed by atoms with Crippen LogP contribution in [0.1, 0.15) is 201 Å². The summed E-state index contributed by atoms with van der Waals surface area (Å²) in [5.41, 5.74) is 8.98. The van der Waals surface area contributed by atoms with Gasteiger partial charge in [-0.15, -0.1) is 0 Å². The fourth-order valence-electron chi connectivity index (χ4n) is 10.0. The first-order valence-electron chi connectivity index (χ1n) is 24.4. The van der Waals surface area contributed by atoms with Crippen LogP contribution in [-0.4, -0.2) is 69.5 Å². The molecule has 1 heterocycles. The molecular formula is C58H76N4O4. The van der Waals surface area contributed by atoms with E-state index in [0.717, 1.165) is 95.9 Å². The summed E-state index contributed by atoms with van der Waals surface area (Å²) in [5, 5.41) is 47.3. The second-order valence-corrected chi connectivity index (χ2v) is 23.6. The highest BCUT2D eigenvalue weighted by molar-refractivity contribution is 5.88. The van der Waals surface area contributed by atoms with Gasteiger partial charge in [0.2, 0.25) is 0 Å². The van der Waals surface area contributed by atoms with Gasteiger partial charge in [-0.3, -0.25) is 20.0 Å². The van der Waals surface area contributed by atoms with Crippen LogP contribution in [-0.2, 0) is 34.5 Å². The number of phenols is 4. The molecule has 66 heavy (non-hydrogen) atoms. The summed E-state index contributed by atoms with van der Waals surface area (Å²) in [6.07, 6.45) is 16.2. The maximum atomic E-state index is 11.8. The van der Waals surface area contributed by atoms with E-state index >= 15 is 0 Å². The highest BCUT2D eigenvalue weighted by atomic mass is 16.3. The van der Waals surface area contributed by atoms with E-state index in [4.69, 9.17) is 20.0 Å². The van der Waals surface area contributed by atoms with Crippen molar-refractivity contribution in [1.29, 1.82) is 0 Å². The van der Waals surface area contributed by atoms with Crippen molar-refractivity contribution in [2.24, 2.45) is 20.0 Å². The third-order valence-corrected chi connectivity index (χ3v) is 13.9. The Morgan fingerprint density at radius 3 is 0.712 bits per heavy atom. The molecule has 0 aromatic heterocycles. The van der Waals surface area contributed by atoms with E-state index in [2.05, 4.69) is 132 Å². The van der Waals surface area contributed by atoms with Crippen LogP contribution in [0.15, 0.2) is 68.5 Å². The standard InChI is InChI=1S/C58H76N4O4/c1-55(2,3)43-27-35-21-36-24-40(52(64)44(28-36)56(4,5)6)32-61-49-19-15-16-20-50(49)62-34-42-26-38(30-46(54(42)66)58(10,11)12)22-37-25-41(53(65)45(29-37)57(7,8)9)33-60-48-18-14-13-17-47(48)59-31-39(23-35)51(43)63/h23-34,47-50,63-66H,13-22H2,1-12H3/t47-,48-,49-,50-/m0/s1. The van der Waals surface area contributed by atoms with Crippen molar-refractivity contribution in [2.45, 2.75) is 193 Å². The summed E-state index contributed by atoms with van der Waals surface area (Å²) >= 11 is 0. The van der Waals surface area contributed by atoms with Gasteiger partial charge in [0.25, 0.3) is 0 Å². The van der Waals surface area contributed by atoms with Gasteiger partial charge >= 0.3 is 0 Å². The molecule has 4 aromatic carbocycles. The number of fused-ring (bicyclic) bond motifs is 10. The first-order valence-corrected chi connectivity index (χ1v) is 24.4. The van der Waals surface area contributed by atoms with E-state index < -0.39 is 0 Å². The number of aromatic hydroxyl groups is 4. The second-order valence-electron chi connectivity index (χ2n) is 23.6. The van der Waals surface area contributed by atoms with Gasteiger partial charge in [0.1, 0.15) is 23.0 Å². The maximum Gasteiger partial charge on any atom is 0.128 e. The number of hydrogen-bond donors (Lipinski definition) is 4. The fourth-order valence-corrected chi connectivity index (χ4v) is 10.0. The molecule has 0 amide bonds. The predicted octanol–water partition coefficient (Wildman–Crippen LogP) is 12.9. The van der Waals surface area contributed by atoms with Crippen LogP contribution in [0.25, 0.3) is 0 Å². The summed E-state index contributed by atoms with van der Waals surface area (Å²) in [6, 6.07) is 16.3. The molecule has 0 saturated heterocycles. The van der Waals surface area contributed by atoms with E-state index in [0.29, 0.717) is 35.1 Å². The minimum absolute atomic E-state index is 0.0907. The Balaban J connectivity index is 1.42. The molecule has 3 aliphatic rings. The Morgan fingerprint density at radius 2 is 0.530 bits per heavy atom. The van der Waals surface area contributed by atoms with Gasteiger partial charge in [-0.25, -0.2) is 0 Å². The monoisotopic (exact) mass is 893 g/mol. The van der Waals surface area contributed by atoms with Crippen molar-refractivity contribution in [3.63, 3.8) is 0 Å². The Morgan fingerprint density at radius 1 is 0.333 bits per heavy atom. The zero-order valence-electron chi connectivity index (χ0n) is 41.9. The molecule has 352 valence electrons. The third kappa shape index (κ3) is 11.1. The predicted molar refractivity (Wildman–Crippen MR) is 275 cm³/mol. The molecule has 2 saturated carbocycles. The van der Waals surface area contributed by atoms with Gasteiger partial charge in [0, 0.05) is 69.4 Å². The first-order chi connectivity index (χ1) is 30.9. The minimum atomic E-state index is -0.332. The number of nitrogens with zero attached hydrogens (tertiary/aromatic N) is 4. The lowest BCUT2D eigenvalue weighted by Gasteiger charge is -2.27. The summed E-state index contributed by atoms with van der Waals surface area (Å²) in [5.74, 6) is 0.961.